The molecule has 0 amide bonds. The number of aromatic nitrogens is 1. The highest BCUT2D eigenvalue weighted by molar-refractivity contribution is 6.30. The van der Waals surface area contributed by atoms with Gasteiger partial charge >= 0.3 is 5.97 Å². The molecule has 1 aromatic heterocycles. The topological polar surface area (TPSA) is 76.2 Å². The first-order valence-electron chi connectivity index (χ1n) is 5.83. The Balaban J connectivity index is 2.49. The van der Waals surface area contributed by atoms with Gasteiger partial charge in [-0.1, -0.05) is 23.7 Å². The summed E-state index contributed by atoms with van der Waals surface area (Å²) in [7, 11) is 0. The number of benzene rings is 1. The molecule has 104 valence electrons. The number of nitrogens with two attached hydrogens (primary N) is 1. The molecular weight excluding hydrogens is 283 g/mol. The molecule has 0 unspecified atom stereocenters. The molecule has 4 nitrogen and oxygen atoms in total. The van der Waals surface area contributed by atoms with Crippen molar-refractivity contribution in [2.45, 2.75) is 12.0 Å². The minimum atomic E-state index is -1.21. The van der Waals surface area contributed by atoms with E-state index in [1.165, 1.54) is 12.3 Å². The predicted molar refractivity (Wildman–Crippen MR) is 73.1 cm³/mol. The smallest absolute Gasteiger partial charge is 0.321 e. The van der Waals surface area contributed by atoms with Gasteiger partial charge in [-0.05, 0) is 29.3 Å². The summed E-state index contributed by atoms with van der Waals surface area (Å²) >= 11 is 5.81. The third-order valence-corrected chi connectivity index (χ3v) is 3.21. The lowest BCUT2D eigenvalue weighted by atomic mass is 9.86. The first-order valence-corrected chi connectivity index (χ1v) is 6.21. The van der Waals surface area contributed by atoms with Crippen LogP contribution in [0.3, 0.4) is 0 Å². The van der Waals surface area contributed by atoms with Crippen molar-refractivity contribution in [3.63, 3.8) is 0 Å². The van der Waals surface area contributed by atoms with Crippen molar-refractivity contribution >= 4 is 17.6 Å². The van der Waals surface area contributed by atoms with Gasteiger partial charge in [0, 0.05) is 17.1 Å². The van der Waals surface area contributed by atoms with E-state index in [1.54, 1.807) is 24.3 Å². The Morgan fingerprint density at radius 1 is 1.25 bits per heavy atom. The van der Waals surface area contributed by atoms with Crippen LogP contribution in [0.1, 0.15) is 17.0 Å². The Morgan fingerprint density at radius 3 is 2.45 bits per heavy atom. The Labute approximate surface area is 120 Å². The highest BCUT2D eigenvalue weighted by Gasteiger charge is 2.28. The number of aliphatic carboxylic acids is 1. The molecule has 0 spiro atoms. The van der Waals surface area contributed by atoms with Crippen LogP contribution < -0.4 is 5.73 Å². The number of nitrogens with zero attached hydrogens (tertiary/aromatic N) is 1. The molecule has 2 aromatic rings. The van der Waals surface area contributed by atoms with E-state index in [4.69, 9.17) is 22.4 Å². The predicted octanol–water partition coefficient (Wildman–Crippen LogP) is 2.42. The Kier molecular flexibility index (Phi) is 4.32. The number of carbonyl (C=O) groups is 1. The van der Waals surface area contributed by atoms with Gasteiger partial charge in [0.05, 0.1) is 6.20 Å². The molecule has 0 radical (unpaired) electrons. The van der Waals surface area contributed by atoms with Crippen LogP contribution in [0, 0.1) is 5.82 Å². The average molecular weight is 295 g/mol. The fraction of sp³-hybridized carbons (Fsp3) is 0.143. The maximum absolute atomic E-state index is 13.3. The zero-order chi connectivity index (χ0) is 14.7. The van der Waals surface area contributed by atoms with Crippen LogP contribution in [-0.2, 0) is 4.79 Å². The first kappa shape index (κ1) is 14.4. The van der Waals surface area contributed by atoms with E-state index in [0.717, 1.165) is 6.20 Å². The molecule has 2 atom stereocenters. The highest BCUT2D eigenvalue weighted by Crippen LogP contribution is 2.28. The highest BCUT2D eigenvalue weighted by atomic mass is 35.5. The molecule has 0 aliphatic carbocycles. The Morgan fingerprint density at radius 2 is 1.90 bits per heavy atom. The summed E-state index contributed by atoms with van der Waals surface area (Å²) in [5.74, 6) is -2.42. The van der Waals surface area contributed by atoms with E-state index in [0.29, 0.717) is 16.1 Å². The van der Waals surface area contributed by atoms with Crippen molar-refractivity contribution in [3.8, 4) is 0 Å². The van der Waals surface area contributed by atoms with Crippen LogP contribution in [0.2, 0.25) is 5.02 Å². The molecule has 20 heavy (non-hydrogen) atoms. The lowest BCUT2D eigenvalue weighted by Crippen LogP contribution is -2.37. The average Bonchev–Trinajstić information content (AvgIpc) is 2.41. The Hall–Kier alpha value is -1.98. The van der Waals surface area contributed by atoms with E-state index in [1.807, 2.05) is 0 Å². The summed E-state index contributed by atoms with van der Waals surface area (Å²) in [5, 5.41) is 9.66. The Bertz CT molecular complexity index is 619. The van der Waals surface area contributed by atoms with Crippen LogP contribution in [0.4, 0.5) is 4.39 Å². The van der Waals surface area contributed by atoms with Gasteiger partial charge in [0.25, 0.3) is 0 Å². The van der Waals surface area contributed by atoms with Crippen molar-refractivity contribution < 1.29 is 14.3 Å². The lowest BCUT2D eigenvalue weighted by molar-refractivity contribution is -0.138. The van der Waals surface area contributed by atoms with Crippen LogP contribution in [0.25, 0.3) is 0 Å². The van der Waals surface area contributed by atoms with Crippen molar-refractivity contribution in [3.05, 3.63) is 64.7 Å². The van der Waals surface area contributed by atoms with Crippen molar-refractivity contribution in [2.75, 3.05) is 0 Å². The monoisotopic (exact) mass is 294 g/mol. The lowest BCUT2D eigenvalue weighted by Gasteiger charge is -2.21. The minimum absolute atomic E-state index is 0.405. The van der Waals surface area contributed by atoms with Gasteiger partial charge in [0.15, 0.2) is 0 Å². The summed E-state index contributed by atoms with van der Waals surface area (Å²) in [6.45, 7) is 0. The fourth-order valence-electron chi connectivity index (χ4n) is 2.02. The second kappa shape index (κ2) is 5.98. The van der Waals surface area contributed by atoms with Gasteiger partial charge in [0.2, 0.25) is 0 Å². The van der Waals surface area contributed by atoms with Crippen LogP contribution in [-0.4, -0.2) is 22.1 Å². The van der Waals surface area contributed by atoms with Crippen molar-refractivity contribution in [1.82, 2.24) is 4.98 Å². The summed E-state index contributed by atoms with van der Waals surface area (Å²) in [4.78, 5) is 14.9. The third-order valence-electron chi connectivity index (χ3n) is 2.96. The quantitative estimate of drug-likeness (QED) is 0.908. The van der Waals surface area contributed by atoms with Crippen LogP contribution in [0.5, 0.6) is 0 Å². The number of hydrogen-bond donors (Lipinski definition) is 2. The van der Waals surface area contributed by atoms with Crippen molar-refractivity contribution in [2.24, 2.45) is 5.73 Å². The SMILES string of the molecule is N[C@H](C(=O)O)[C@@H](c1ccc(Cl)cc1)c1cncc(F)c1. The zero-order valence-corrected chi connectivity index (χ0v) is 11.1. The molecule has 6 heteroatoms. The number of carboxylic acid groups (broad SMARTS) is 1. The molecule has 1 aromatic carbocycles. The number of carboxylic acids is 1. The molecular formula is C14H12ClFN2O2. The molecule has 0 aliphatic rings. The second-order valence-corrected chi connectivity index (χ2v) is 4.77. The molecule has 0 saturated carbocycles. The maximum Gasteiger partial charge on any atom is 0.321 e. The van der Waals surface area contributed by atoms with Gasteiger partial charge in [-0.15, -0.1) is 0 Å². The van der Waals surface area contributed by atoms with E-state index < -0.39 is 23.7 Å². The first-order chi connectivity index (χ1) is 9.49. The van der Waals surface area contributed by atoms with Crippen LogP contribution in [0.15, 0.2) is 42.7 Å². The van der Waals surface area contributed by atoms with Crippen LogP contribution >= 0.6 is 11.6 Å². The summed E-state index contributed by atoms with van der Waals surface area (Å²) in [5.41, 5.74) is 6.77. The molecule has 0 aliphatic heterocycles. The molecule has 0 saturated heterocycles. The zero-order valence-electron chi connectivity index (χ0n) is 10.3. The molecule has 1 heterocycles. The van der Waals surface area contributed by atoms with Crippen molar-refractivity contribution in [1.29, 1.82) is 0 Å². The van der Waals surface area contributed by atoms with Gasteiger partial charge in [0.1, 0.15) is 11.9 Å². The third kappa shape index (κ3) is 3.12. The number of rotatable bonds is 4. The van der Waals surface area contributed by atoms with Gasteiger partial charge in [-0.3, -0.25) is 9.78 Å². The molecule has 0 fully saturated rings. The molecule has 2 rings (SSSR count). The summed E-state index contributed by atoms with van der Waals surface area (Å²) in [6.07, 6.45) is 2.46. The van der Waals surface area contributed by atoms with Gasteiger partial charge < -0.3 is 10.8 Å². The van der Waals surface area contributed by atoms with Gasteiger partial charge in [-0.2, -0.15) is 0 Å². The largest absolute Gasteiger partial charge is 0.480 e. The normalized spacial score (nSPS) is 13.8. The number of hydrogen-bond acceptors (Lipinski definition) is 3. The van der Waals surface area contributed by atoms with E-state index >= 15 is 0 Å². The number of halogens is 2. The van der Waals surface area contributed by atoms with E-state index in [9.17, 15) is 9.18 Å². The van der Waals surface area contributed by atoms with Gasteiger partial charge in [-0.25, -0.2) is 4.39 Å². The standard InChI is InChI=1S/C14H12ClFN2O2/c15-10-3-1-8(2-4-10)12(13(17)14(19)20)9-5-11(16)7-18-6-9/h1-7,12-13H,17H2,(H,19,20)/t12-,13-/m0/s1. The number of pyridine rings is 1. The van der Waals surface area contributed by atoms with E-state index in [2.05, 4.69) is 4.98 Å². The molecule has 3 N–H and O–H groups in total. The fourth-order valence-corrected chi connectivity index (χ4v) is 2.14. The van der Waals surface area contributed by atoms with E-state index in [-0.39, 0.29) is 0 Å². The molecule has 0 bridgehead atoms. The maximum atomic E-state index is 13.3. The summed E-state index contributed by atoms with van der Waals surface area (Å²) in [6, 6.07) is 6.62. The second-order valence-electron chi connectivity index (χ2n) is 4.33. The minimum Gasteiger partial charge on any atom is -0.480 e. The summed E-state index contributed by atoms with van der Waals surface area (Å²) < 4.78 is 13.3.